The molecule has 3 heterocycles. The third kappa shape index (κ3) is 6.99. The van der Waals surface area contributed by atoms with Gasteiger partial charge >= 0.3 is 10.2 Å². The third-order valence-electron chi connectivity index (χ3n) is 6.84. The summed E-state index contributed by atoms with van der Waals surface area (Å²) < 4.78 is 78.4. The molecule has 2 fully saturated rings. The Labute approximate surface area is 228 Å². The zero-order valence-corrected chi connectivity index (χ0v) is 23.3. The first-order chi connectivity index (χ1) is 18.3. The Morgan fingerprint density at radius 3 is 2.45 bits per heavy atom. The summed E-state index contributed by atoms with van der Waals surface area (Å²) >= 11 is 0. The molecule has 0 aliphatic carbocycles. The van der Waals surface area contributed by atoms with Gasteiger partial charge in [0.1, 0.15) is 16.5 Å². The van der Waals surface area contributed by atoms with Gasteiger partial charge in [-0.2, -0.15) is 0 Å². The minimum Gasteiger partial charge on any atom is -0.363 e. The Hall–Kier alpha value is -3.04. The molecule has 222 valence electrons. The van der Waals surface area contributed by atoms with E-state index in [1.54, 1.807) is 11.8 Å². The van der Waals surface area contributed by atoms with Crippen LogP contribution in [-0.2, 0) is 25.5 Å². The second-order valence-corrected chi connectivity index (χ2v) is 12.8. The topological polar surface area (TPSA) is 106 Å². The SMILES string of the molecule is CC(=O)N1CCC(C)(NC(=O)Cc2nc(C)nc(NC(C)c3cccc(S(F)(F)(F)(F)F)c3)c2C2OCCO2)C1. The van der Waals surface area contributed by atoms with Crippen LogP contribution in [0.3, 0.4) is 0 Å². The summed E-state index contributed by atoms with van der Waals surface area (Å²) in [4.78, 5) is 33.3. The van der Waals surface area contributed by atoms with Gasteiger partial charge in [0.2, 0.25) is 11.8 Å². The number of aromatic nitrogens is 2. The fourth-order valence-electron chi connectivity index (χ4n) is 4.83. The van der Waals surface area contributed by atoms with Crippen LogP contribution in [0.15, 0.2) is 29.2 Å². The van der Waals surface area contributed by atoms with Crippen molar-refractivity contribution in [2.24, 2.45) is 0 Å². The molecule has 0 spiro atoms. The molecule has 2 N–H and O–H groups in total. The molecule has 2 amide bonds. The number of hydrogen-bond donors (Lipinski definition) is 2. The van der Waals surface area contributed by atoms with Gasteiger partial charge in [-0.3, -0.25) is 9.59 Å². The quantitative estimate of drug-likeness (QED) is 0.399. The fourth-order valence-corrected chi connectivity index (χ4v) is 5.53. The van der Waals surface area contributed by atoms with Crippen LogP contribution in [0, 0.1) is 6.92 Å². The van der Waals surface area contributed by atoms with Gasteiger partial charge in [0.25, 0.3) is 0 Å². The molecule has 2 aliphatic rings. The summed E-state index contributed by atoms with van der Waals surface area (Å²) in [6.07, 6.45) is -0.574. The smallest absolute Gasteiger partial charge is 0.310 e. The lowest BCUT2D eigenvalue weighted by Gasteiger charge is -2.40. The number of ether oxygens (including phenoxy) is 2. The second kappa shape index (κ2) is 9.80. The van der Waals surface area contributed by atoms with Crippen LogP contribution in [0.1, 0.15) is 62.2 Å². The van der Waals surface area contributed by atoms with Crippen LogP contribution in [0.5, 0.6) is 0 Å². The molecule has 0 bridgehead atoms. The lowest BCUT2D eigenvalue weighted by molar-refractivity contribution is -0.128. The number of likely N-dealkylation sites (tertiary alicyclic amines) is 1. The van der Waals surface area contributed by atoms with E-state index in [0.29, 0.717) is 31.6 Å². The Morgan fingerprint density at radius 1 is 1.18 bits per heavy atom. The normalized spacial score (nSPS) is 22.5. The van der Waals surface area contributed by atoms with Gasteiger partial charge in [0.05, 0.1) is 36.4 Å². The summed E-state index contributed by atoms with van der Waals surface area (Å²) in [7, 11) is -9.88. The van der Waals surface area contributed by atoms with Crippen molar-refractivity contribution in [2.75, 3.05) is 31.6 Å². The van der Waals surface area contributed by atoms with Gasteiger partial charge in [-0.05, 0) is 44.9 Å². The van der Waals surface area contributed by atoms with Crippen molar-refractivity contribution in [2.45, 2.75) is 63.3 Å². The Kier molecular flexibility index (Phi) is 7.33. The lowest BCUT2D eigenvalue weighted by atomic mass is 10.0. The van der Waals surface area contributed by atoms with E-state index >= 15 is 0 Å². The summed E-state index contributed by atoms with van der Waals surface area (Å²) in [5, 5.41) is 5.94. The zero-order chi connectivity index (χ0) is 29.6. The maximum Gasteiger partial charge on any atom is 0.310 e. The first-order valence-electron chi connectivity index (χ1n) is 12.6. The second-order valence-electron chi connectivity index (χ2n) is 10.4. The summed E-state index contributed by atoms with van der Waals surface area (Å²) in [5.41, 5.74) is -0.118. The Morgan fingerprint density at radius 2 is 1.85 bits per heavy atom. The monoisotopic (exact) mass is 593 g/mol. The van der Waals surface area contributed by atoms with Crippen molar-refractivity contribution in [3.05, 3.63) is 46.9 Å². The maximum atomic E-state index is 13.4. The number of benzene rings is 1. The number of amides is 2. The van der Waals surface area contributed by atoms with E-state index in [4.69, 9.17) is 9.47 Å². The van der Waals surface area contributed by atoms with Gasteiger partial charge in [-0.1, -0.05) is 31.6 Å². The van der Waals surface area contributed by atoms with Crippen LogP contribution in [0.2, 0.25) is 0 Å². The molecule has 2 aromatic rings. The van der Waals surface area contributed by atoms with Crippen molar-refractivity contribution in [3.63, 3.8) is 0 Å². The third-order valence-corrected chi connectivity index (χ3v) is 7.98. The van der Waals surface area contributed by atoms with Gasteiger partial charge in [0.15, 0.2) is 6.29 Å². The van der Waals surface area contributed by atoms with Crippen LogP contribution < -0.4 is 10.6 Å². The van der Waals surface area contributed by atoms with Crippen molar-refractivity contribution in [3.8, 4) is 0 Å². The molecule has 2 atom stereocenters. The number of anilines is 1. The largest absolute Gasteiger partial charge is 0.363 e. The highest BCUT2D eigenvalue weighted by atomic mass is 32.5. The molecule has 4 rings (SSSR count). The number of nitrogens with one attached hydrogen (secondary N) is 2. The van der Waals surface area contributed by atoms with Crippen molar-refractivity contribution in [1.82, 2.24) is 20.2 Å². The number of aryl methyl sites for hydroxylation is 1. The Balaban J connectivity index is 1.62. The molecular weight excluding hydrogens is 561 g/mol. The molecule has 1 aromatic heterocycles. The number of rotatable bonds is 8. The van der Waals surface area contributed by atoms with E-state index in [9.17, 15) is 29.0 Å². The molecule has 2 saturated heterocycles. The number of carbonyl (C=O) groups excluding carboxylic acids is 2. The van der Waals surface area contributed by atoms with E-state index < -0.39 is 33.0 Å². The van der Waals surface area contributed by atoms with Gasteiger partial charge in [-0.25, -0.2) is 9.97 Å². The van der Waals surface area contributed by atoms with E-state index in [1.807, 2.05) is 6.92 Å². The molecule has 15 heteroatoms. The van der Waals surface area contributed by atoms with Crippen molar-refractivity contribution < 1.29 is 38.5 Å². The molecular formula is C25H32F5N5O4S. The van der Waals surface area contributed by atoms with E-state index in [2.05, 4.69) is 20.6 Å². The number of carbonyl (C=O) groups is 2. The van der Waals surface area contributed by atoms with Crippen LogP contribution in [0.25, 0.3) is 0 Å². The van der Waals surface area contributed by atoms with Crippen LogP contribution in [-0.4, -0.2) is 58.5 Å². The predicted octanol–water partition coefficient (Wildman–Crippen LogP) is 5.33. The highest BCUT2D eigenvalue weighted by Crippen LogP contribution is 3.02. The number of halogens is 5. The van der Waals surface area contributed by atoms with E-state index in [0.717, 1.165) is 6.07 Å². The number of hydrogen-bond acceptors (Lipinski definition) is 7. The maximum absolute atomic E-state index is 13.4. The Bertz CT molecular complexity index is 1320. The molecule has 2 aliphatic heterocycles. The van der Waals surface area contributed by atoms with Crippen LogP contribution >= 0.6 is 10.2 Å². The molecule has 9 nitrogen and oxygen atoms in total. The average molecular weight is 594 g/mol. The molecule has 2 unspecified atom stereocenters. The number of nitrogens with zero attached hydrogens (tertiary/aromatic N) is 3. The van der Waals surface area contributed by atoms with Gasteiger partial charge < -0.3 is 25.0 Å². The zero-order valence-electron chi connectivity index (χ0n) is 22.5. The first-order valence-corrected chi connectivity index (χ1v) is 14.6. The van der Waals surface area contributed by atoms with E-state index in [-0.39, 0.29) is 59.9 Å². The van der Waals surface area contributed by atoms with Gasteiger partial charge in [0, 0.05) is 26.1 Å². The van der Waals surface area contributed by atoms with Crippen molar-refractivity contribution in [1.29, 1.82) is 0 Å². The predicted molar refractivity (Wildman–Crippen MR) is 138 cm³/mol. The van der Waals surface area contributed by atoms with Crippen LogP contribution in [0.4, 0.5) is 25.2 Å². The molecule has 0 saturated carbocycles. The first kappa shape index (κ1) is 29.9. The molecule has 0 radical (unpaired) electrons. The molecule has 1 aromatic carbocycles. The molecule has 40 heavy (non-hydrogen) atoms. The highest BCUT2D eigenvalue weighted by Gasteiger charge is 2.65. The van der Waals surface area contributed by atoms with Gasteiger partial charge in [-0.15, -0.1) is 0 Å². The summed E-state index contributed by atoms with van der Waals surface area (Å²) in [6.45, 7) is 7.77. The fraction of sp³-hybridized carbons (Fsp3) is 0.520. The lowest BCUT2D eigenvalue weighted by Crippen LogP contribution is -2.49. The minimum absolute atomic E-state index is 0.0512. The van der Waals surface area contributed by atoms with Crippen molar-refractivity contribution >= 4 is 27.9 Å². The standard InChI is InChI=1S/C25H32F5N5O4S/c1-15(18-6-5-7-19(12-18)40(26,27,28,29)30)31-23-22(24-38-10-11-39-24)20(32-16(2)33-23)13-21(37)34-25(4)8-9-35(14-25)17(3)36/h5-7,12,15,24H,8-11,13-14H2,1-4H3,(H,34,37)(H,31,32,33). The summed E-state index contributed by atoms with van der Waals surface area (Å²) in [6, 6.07) is 2.07. The summed E-state index contributed by atoms with van der Waals surface area (Å²) in [5.74, 6) is -0.0527. The minimum atomic E-state index is -9.88. The van der Waals surface area contributed by atoms with E-state index in [1.165, 1.54) is 19.9 Å². The highest BCUT2D eigenvalue weighted by molar-refractivity contribution is 8.45. The average Bonchev–Trinajstić information content (AvgIpc) is 3.47.